The minimum absolute atomic E-state index is 0.0763. The first-order chi connectivity index (χ1) is 9.45. The molecule has 1 amide bonds. The smallest absolute Gasteiger partial charge is 0.325 e. The van der Waals surface area contributed by atoms with Crippen LogP contribution < -0.4 is 10.0 Å². The molecule has 1 aliphatic rings. The Kier molecular flexibility index (Phi) is 2.83. The lowest BCUT2D eigenvalue weighted by Crippen LogP contribution is -2.32. The van der Waals surface area contributed by atoms with E-state index in [1.54, 1.807) is 12.1 Å². The zero-order valence-corrected chi connectivity index (χ0v) is 10.9. The lowest BCUT2D eigenvalue weighted by molar-refractivity contribution is -0.117. The Balaban J connectivity index is 1.86. The number of rotatable bonds is 3. The van der Waals surface area contributed by atoms with Crippen molar-refractivity contribution < 1.29 is 22.0 Å². The van der Waals surface area contributed by atoms with Crippen LogP contribution in [0.5, 0.6) is 0 Å². The van der Waals surface area contributed by atoms with Gasteiger partial charge in [0.25, 0.3) is 5.89 Å². The average Bonchev–Trinajstić information content (AvgIpc) is 3.06. The van der Waals surface area contributed by atoms with Gasteiger partial charge in [0.2, 0.25) is 15.9 Å². The Hall–Kier alpha value is -2.20. The fourth-order valence-corrected chi connectivity index (χ4v) is 2.64. The molecule has 0 radical (unpaired) electrons. The molecule has 1 saturated heterocycles. The minimum Gasteiger partial charge on any atom is -0.459 e. The summed E-state index contributed by atoms with van der Waals surface area (Å²) < 4.78 is 32.9. The molecule has 0 spiro atoms. The number of anilines is 1. The van der Waals surface area contributed by atoms with Crippen molar-refractivity contribution in [2.75, 3.05) is 11.4 Å². The van der Waals surface area contributed by atoms with Crippen LogP contribution in [0.2, 0.25) is 0 Å². The molecule has 2 aromatic heterocycles. The number of amides is 1. The van der Waals surface area contributed by atoms with E-state index in [-0.39, 0.29) is 24.9 Å². The van der Waals surface area contributed by atoms with Gasteiger partial charge in [-0.05, 0) is 12.1 Å². The third kappa shape index (κ3) is 2.18. The number of nitrogens with zero attached hydrogens (tertiary/aromatic N) is 3. The van der Waals surface area contributed by atoms with E-state index in [0.717, 1.165) is 4.90 Å². The molecule has 0 aliphatic carbocycles. The molecule has 1 aliphatic heterocycles. The van der Waals surface area contributed by atoms with Gasteiger partial charge in [-0.25, -0.2) is 13.6 Å². The van der Waals surface area contributed by atoms with Crippen molar-refractivity contribution >= 4 is 21.9 Å². The van der Waals surface area contributed by atoms with Crippen LogP contribution in [0.1, 0.15) is 6.42 Å². The predicted molar refractivity (Wildman–Crippen MR) is 65.9 cm³/mol. The Morgan fingerprint density at radius 1 is 1.40 bits per heavy atom. The molecule has 10 heteroatoms. The second kappa shape index (κ2) is 4.42. The molecule has 2 aromatic rings. The number of carbonyl (C=O) groups is 1. The highest BCUT2D eigenvalue weighted by molar-refractivity contribution is 7.89. The van der Waals surface area contributed by atoms with Gasteiger partial charge >= 0.3 is 6.01 Å². The maximum absolute atomic E-state index is 11.8. The Labute approximate surface area is 113 Å². The highest BCUT2D eigenvalue weighted by atomic mass is 32.2. The number of carbonyl (C=O) groups excluding carboxylic acids is 1. The molecule has 0 saturated carbocycles. The number of nitrogens with two attached hydrogens (primary N) is 1. The van der Waals surface area contributed by atoms with Crippen LogP contribution in [0.3, 0.4) is 0 Å². The molecule has 9 nitrogen and oxygen atoms in total. The first-order valence-corrected chi connectivity index (χ1v) is 7.25. The van der Waals surface area contributed by atoms with E-state index >= 15 is 0 Å². The molecular formula is C10H10N4O5S. The van der Waals surface area contributed by atoms with E-state index in [1.165, 1.54) is 6.26 Å². The van der Waals surface area contributed by atoms with E-state index in [4.69, 9.17) is 14.0 Å². The SMILES string of the molecule is NS(=O)(=O)C1CC(=O)N(c2nnc(-c3ccco3)o2)C1. The fraction of sp³-hybridized carbons (Fsp3) is 0.300. The summed E-state index contributed by atoms with van der Waals surface area (Å²) in [7, 11) is -3.78. The van der Waals surface area contributed by atoms with Crippen molar-refractivity contribution in [1.29, 1.82) is 0 Å². The fourth-order valence-electron chi connectivity index (χ4n) is 1.90. The van der Waals surface area contributed by atoms with Gasteiger partial charge in [0.15, 0.2) is 5.76 Å². The molecule has 3 heterocycles. The van der Waals surface area contributed by atoms with Crippen molar-refractivity contribution in [3.63, 3.8) is 0 Å². The van der Waals surface area contributed by atoms with Crippen LogP contribution in [-0.2, 0) is 14.8 Å². The second-order valence-corrected chi connectivity index (χ2v) is 6.13. The van der Waals surface area contributed by atoms with E-state index in [1.807, 2.05) is 0 Å². The van der Waals surface area contributed by atoms with Crippen LogP contribution in [0.15, 0.2) is 27.2 Å². The van der Waals surface area contributed by atoms with E-state index < -0.39 is 21.2 Å². The molecule has 3 rings (SSSR count). The molecule has 1 atom stereocenters. The van der Waals surface area contributed by atoms with Crippen LogP contribution >= 0.6 is 0 Å². The Morgan fingerprint density at radius 2 is 2.20 bits per heavy atom. The van der Waals surface area contributed by atoms with Crippen LogP contribution in [0.25, 0.3) is 11.7 Å². The van der Waals surface area contributed by atoms with Gasteiger partial charge in [-0.1, -0.05) is 5.10 Å². The zero-order valence-electron chi connectivity index (χ0n) is 10.1. The Morgan fingerprint density at radius 3 is 2.80 bits per heavy atom. The maximum Gasteiger partial charge on any atom is 0.325 e. The van der Waals surface area contributed by atoms with Crippen molar-refractivity contribution in [2.45, 2.75) is 11.7 Å². The second-order valence-electron chi connectivity index (χ2n) is 4.29. The number of hydrogen-bond acceptors (Lipinski definition) is 7. The summed E-state index contributed by atoms with van der Waals surface area (Å²) in [5.41, 5.74) is 0. The largest absolute Gasteiger partial charge is 0.459 e. The third-order valence-corrected chi connectivity index (χ3v) is 4.18. The predicted octanol–water partition coefficient (Wildman–Crippen LogP) is -0.277. The summed E-state index contributed by atoms with van der Waals surface area (Å²) in [4.78, 5) is 12.9. The summed E-state index contributed by atoms with van der Waals surface area (Å²) in [6.45, 7) is -0.0997. The monoisotopic (exact) mass is 298 g/mol. The summed E-state index contributed by atoms with van der Waals surface area (Å²) >= 11 is 0. The normalized spacial score (nSPS) is 19.8. The zero-order chi connectivity index (χ0) is 14.3. The number of hydrogen-bond donors (Lipinski definition) is 1. The quantitative estimate of drug-likeness (QED) is 0.824. The lowest BCUT2D eigenvalue weighted by atomic mass is 10.4. The van der Waals surface area contributed by atoms with Crippen LogP contribution in [0, 0.1) is 0 Å². The van der Waals surface area contributed by atoms with Gasteiger partial charge < -0.3 is 8.83 Å². The number of sulfonamides is 1. The molecular weight excluding hydrogens is 288 g/mol. The maximum atomic E-state index is 11.8. The molecule has 0 aromatic carbocycles. The van der Waals surface area contributed by atoms with Gasteiger partial charge in [-0.15, -0.1) is 5.10 Å². The minimum atomic E-state index is -3.78. The van der Waals surface area contributed by atoms with Crippen LogP contribution in [-0.4, -0.2) is 36.3 Å². The topological polar surface area (TPSA) is 133 Å². The molecule has 20 heavy (non-hydrogen) atoms. The number of furan rings is 1. The standard InChI is InChI=1S/C10H10N4O5S/c11-20(16,17)6-4-8(15)14(5-6)10-13-12-9(19-10)7-2-1-3-18-7/h1-3,6H,4-5H2,(H2,11,16,17). The van der Waals surface area contributed by atoms with E-state index in [0.29, 0.717) is 5.76 Å². The lowest BCUT2D eigenvalue weighted by Gasteiger charge is -2.09. The van der Waals surface area contributed by atoms with Crippen LogP contribution in [0.4, 0.5) is 6.01 Å². The molecule has 2 N–H and O–H groups in total. The average molecular weight is 298 g/mol. The molecule has 106 valence electrons. The van der Waals surface area contributed by atoms with Gasteiger partial charge in [-0.3, -0.25) is 9.69 Å². The highest BCUT2D eigenvalue weighted by Crippen LogP contribution is 2.26. The molecule has 1 unspecified atom stereocenters. The van der Waals surface area contributed by atoms with Gasteiger partial charge in [-0.2, -0.15) is 0 Å². The van der Waals surface area contributed by atoms with Crippen molar-refractivity contribution in [3.05, 3.63) is 18.4 Å². The first kappa shape index (κ1) is 12.8. The Bertz CT molecular complexity index is 736. The van der Waals surface area contributed by atoms with Gasteiger partial charge in [0.05, 0.1) is 6.26 Å². The summed E-state index contributed by atoms with van der Waals surface area (Å²) in [6, 6.07) is 3.19. The van der Waals surface area contributed by atoms with E-state index in [9.17, 15) is 13.2 Å². The van der Waals surface area contributed by atoms with Gasteiger partial charge in [0, 0.05) is 13.0 Å². The van der Waals surface area contributed by atoms with Crippen molar-refractivity contribution in [1.82, 2.24) is 10.2 Å². The number of primary sulfonamides is 1. The summed E-state index contributed by atoms with van der Waals surface area (Å²) in [5, 5.41) is 11.5. The van der Waals surface area contributed by atoms with Crippen molar-refractivity contribution in [2.24, 2.45) is 5.14 Å². The third-order valence-electron chi connectivity index (χ3n) is 2.93. The first-order valence-electron chi connectivity index (χ1n) is 5.64. The summed E-state index contributed by atoms with van der Waals surface area (Å²) in [6.07, 6.45) is 1.24. The van der Waals surface area contributed by atoms with E-state index in [2.05, 4.69) is 10.2 Å². The highest BCUT2D eigenvalue weighted by Gasteiger charge is 2.39. The summed E-state index contributed by atoms with van der Waals surface area (Å²) in [5.74, 6) is 0.0360. The number of aromatic nitrogens is 2. The van der Waals surface area contributed by atoms with Crippen molar-refractivity contribution in [3.8, 4) is 11.7 Å². The molecule has 0 bridgehead atoms. The van der Waals surface area contributed by atoms with Gasteiger partial charge in [0.1, 0.15) is 5.25 Å². The molecule has 1 fully saturated rings.